The summed E-state index contributed by atoms with van der Waals surface area (Å²) >= 11 is 0. The second-order valence-electron chi connectivity index (χ2n) is 8.33. The van der Waals surface area contributed by atoms with Crippen molar-refractivity contribution < 1.29 is 27.4 Å². The second-order valence-corrected chi connectivity index (χ2v) is 8.33. The first-order valence-corrected chi connectivity index (χ1v) is 11.4. The van der Waals surface area contributed by atoms with Gasteiger partial charge in [-0.15, -0.1) is 13.2 Å². The lowest BCUT2D eigenvalue weighted by Gasteiger charge is -2.16. The van der Waals surface area contributed by atoms with Crippen molar-refractivity contribution in [2.24, 2.45) is 0 Å². The molecule has 6 heteroatoms. The Labute approximate surface area is 202 Å². The molecule has 0 aromatic heterocycles. The molecule has 3 nitrogen and oxygen atoms in total. The number of carbonyl (C=O) groups excluding carboxylic acids is 1. The monoisotopic (exact) mass is 478 g/mol. The van der Waals surface area contributed by atoms with Gasteiger partial charge in [-0.3, -0.25) is 4.79 Å². The van der Waals surface area contributed by atoms with E-state index < -0.39 is 6.36 Å². The van der Waals surface area contributed by atoms with Gasteiger partial charge < -0.3 is 9.47 Å². The highest BCUT2D eigenvalue weighted by atomic mass is 19.4. The fourth-order valence-electron chi connectivity index (χ4n) is 4.13. The van der Waals surface area contributed by atoms with Crippen molar-refractivity contribution in [3.05, 3.63) is 95.6 Å². The molecule has 0 amide bonds. The predicted octanol–water partition coefficient (Wildman–Crippen LogP) is 7.99. The summed E-state index contributed by atoms with van der Waals surface area (Å²) in [5.74, 6) is 0.135. The van der Waals surface area contributed by atoms with E-state index in [1.54, 1.807) is 0 Å². The number of hydrogen-bond donors (Lipinski definition) is 0. The third kappa shape index (κ3) is 6.01. The third-order valence-corrected chi connectivity index (χ3v) is 5.66. The quantitative estimate of drug-likeness (QED) is 0.241. The van der Waals surface area contributed by atoms with E-state index >= 15 is 0 Å². The molecule has 4 rings (SSSR count). The zero-order valence-electron chi connectivity index (χ0n) is 19.5. The first-order valence-electron chi connectivity index (χ1n) is 11.4. The molecule has 4 aromatic rings. The van der Waals surface area contributed by atoms with Crippen molar-refractivity contribution in [3.8, 4) is 22.6 Å². The van der Waals surface area contributed by atoms with Gasteiger partial charge in [0.15, 0.2) is 5.78 Å². The average molecular weight is 479 g/mol. The smallest absolute Gasteiger partial charge is 0.494 e. The van der Waals surface area contributed by atoms with E-state index in [1.165, 1.54) is 25.1 Å². The molecular weight excluding hydrogens is 453 g/mol. The van der Waals surface area contributed by atoms with E-state index in [4.69, 9.17) is 4.74 Å². The normalized spacial score (nSPS) is 11.5. The Morgan fingerprint density at radius 1 is 0.829 bits per heavy atom. The number of halogens is 3. The third-order valence-electron chi connectivity index (χ3n) is 5.66. The summed E-state index contributed by atoms with van der Waals surface area (Å²) in [7, 11) is 0. The van der Waals surface area contributed by atoms with Gasteiger partial charge in [-0.25, -0.2) is 0 Å². The van der Waals surface area contributed by atoms with E-state index in [9.17, 15) is 18.0 Å². The van der Waals surface area contributed by atoms with Gasteiger partial charge in [0.2, 0.25) is 0 Å². The van der Waals surface area contributed by atoms with Gasteiger partial charge in [0.05, 0.1) is 6.61 Å². The van der Waals surface area contributed by atoms with Crippen LogP contribution in [0.15, 0.2) is 78.9 Å². The molecule has 4 aromatic carbocycles. The van der Waals surface area contributed by atoms with Crippen molar-refractivity contribution in [2.75, 3.05) is 6.61 Å². The van der Waals surface area contributed by atoms with E-state index in [2.05, 4.69) is 10.8 Å². The average Bonchev–Trinajstić information content (AvgIpc) is 2.82. The highest BCUT2D eigenvalue weighted by Gasteiger charge is 2.31. The summed E-state index contributed by atoms with van der Waals surface area (Å²) in [5, 5.41) is 1.88. The molecule has 0 fully saturated rings. The van der Waals surface area contributed by atoms with Crippen LogP contribution < -0.4 is 9.47 Å². The molecular formula is C29H25F3O3. The SMILES string of the molecule is CCCOc1ccc2cc(-c3ccccc3)cc(Cc3cc(OC(F)(F)F)ccc3C(C)=O)c2c1. The van der Waals surface area contributed by atoms with Crippen LogP contribution in [0.5, 0.6) is 11.5 Å². The van der Waals surface area contributed by atoms with Crippen molar-refractivity contribution >= 4 is 16.6 Å². The van der Waals surface area contributed by atoms with Crippen LogP contribution in [0.3, 0.4) is 0 Å². The van der Waals surface area contributed by atoms with Crippen LogP contribution in [0, 0.1) is 0 Å². The fourth-order valence-corrected chi connectivity index (χ4v) is 4.13. The number of Topliss-reactive ketones (excluding diaryl/α,β-unsaturated/α-hetero) is 1. The Morgan fingerprint density at radius 2 is 1.57 bits per heavy atom. The van der Waals surface area contributed by atoms with Gasteiger partial charge in [0.1, 0.15) is 11.5 Å². The lowest BCUT2D eigenvalue weighted by Crippen LogP contribution is -2.17. The van der Waals surface area contributed by atoms with Crippen molar-refractivity contribution in [1.29, 1.82) is 0 Å². The summed E-state index contributed by atoms with van der Waals surface area (Å²) in [4.78, 5) is 12.3. The molecule has 35 heavy (non-hydrogen) atoms. The van der Waals surface area contributed by atoms with Gasteiger partial charge >= 0.3 is 6.36 Å². The molecule has 0 unspecified atom stereocenters. The minimum absolute atomic E-state index is 0.228. The number of ketones is 1. The van der Waals surface area contributed by atoms with Gasteiger partial charge in [0.25, 0.3) is 0 Å². The van der Waals surface area contributed by atoms with Gasteiger partial charge in [0, 0.05) is 5.56 Å². The number of benzene rings is 4. The summed E-state index contributed by atoms with van der Waals surface area (Å²) in [6, 6.07) is 23.6. The molecule has 0 radical (unpaired) electrons. The van der Waals surface area contributed by atoms with Crippen LogP contribution in [0.2, 0.25) is 0 Å². The van der Waals surface area contributed by atoms with E-state index in [-0.39, 0.29) is 18.0 Å². The molecule has 0 bridgehead atoms. The van der Waals surface area contributed by atoms with Crippen molar-refractivity contribution in [3.63, 3.8) is 0 Å². The second kappa shape index (κ2) is 10.2. The van der Waals surface area contributed by atoms with E-state index in [0.29, 0.717) is 23.5 Å². The standard InChI is InChI=1S/C29H25F3O3/c1-3-13-34-25-10-9-21-14-22(20-7-5-4-6-8-20)15-23(28(21)18-25)16-24-17-26(35-29(30,31)32)11-12-27(24)19(2)33/h4-12,14-15,17-18H,3,13,16H2,1-2H3. The van der Waals surface area contributed by atoms with E-state index in [0.717, 1.165) is 33.9 Å². The van der Waals surface area contributed by atoms with E-state index in [1.807, 2.05) is 61.5 Å². The molecule has 0 aliphatic carbocycles. The highest BCUT2D eigenvalue weighted by molar-refractivity contribution is 5.96. The zero-order chi connectivity index (χ0) is 25.0. The maximum Gasteiger partial charge on any atom is 0.573 e. The first kappa shape index (κ1) is 24.3. The molecule has 180 valence electrons. The van der Waals surface area contributed by atoms with Crippen LogP contribution in [0.1, 0.15) is 41.8 Å². The van der Waals surface area contributed by atoms with Crippen LogP contribution >= 0.6 is 0 Å². The lowest BCUT2D eigenvalue weighted by atomic mass is 9.91. The molecule has 0 spiro atoms. The molecule has 0 heterocycles. The van der Waals surface area contributed by atoms with Crippen LogP contribution in [-0.4, -0.2) is 18.8 Å². The summed E-state index contributed by atoms with van der Waals surface area (Å²) in [5.41, 5.74) is 3.68. The van der Waals surface area contributed by atoms with Crippen LogP contribution in [-0.2, 0) is 6.42 Å². The number of hydrogen-bond acceptors (Lipinski definition) is 3. The Balaban J connectivity index is 1.86. The van der Waals surface area contributed by atoms with Gasteiger partial charge in [-0.2, -0.15) is 0 Å². The molecule has 0 N–H and O–H groups in total. The number of rotatable bonds is 8. The van der Waals surface area contributed by atoms with Gasteiger partial charge in [-0.05, 0) is 89.2 Å². The fraction of sp³-hybridized carbons (Fsp3) is 0.207. The highest BCUT2D eigenvalue weighted by Crippen LogP contribution is 2.33. The molecule has 0 saturated carbocycles. The first-order chi connectivity index (χ1) is 16.7. The zero-order valence-corrected chi connectivity index (χ0v) is 19.5. The Kier molecular flexibility index (Phi) is 7.10. The maximum absolute atomic E-state index is 12.9. The molecule has 0 atom stereocenters. The predicted molar refractivity (Wildman–Crippen MR) is 131 cm³/mol. The molecule has 0 aliphatic heterocycles. The number of ether oxygens (including phenoxy) is 2. The van der Waals surface area contributed by atoms with Crippen molar-refractivity contribution in [2.45, 2.75) is 33.1 Å². The van der Waals surface area contributed by atoms with Crippen LogP contribution in [0.4, 0.5) is 13.2 Å². The Hall–Kier alpha value is -3.80. The van der Waals surface area contributed by atoms with Gasteiger partial charge in [-0.1, -0.05) is 49.4 Å². The Bertz CT molecular complexity index is 1340. The summed E-state index contributed by atoms with van der Waals surface area (Å²) in [6.07, 6.45) is -3.70. The van der Waals surface area contributed by atoms with Crippen molar-refractivity contribution in [1.82, 2.24) is 0 Å². The molecule has 0 aliphatic rings. The maximum atomic E-state index is 12.9. The summed E-state index contributed by atoms with van der Waals surface area (Å²) < 4.78 is 48.5. The topological polar surface area (TPSA) is 35.5 Å². The Morgan fingerprint density at radius 3 is 2.26 bits per heavy atom. The van der Waals surface area contributed by atoms with Crippen LogP contribution in [0.25, 0.3) is 21.9 Å². The summed E-state index contributed by atoms with van der Waals surface area (Å²) in [6.45, 7) is 4.00. The largest absolute Gasteiger partial charge is 0.573 e. The number of fused-ring (bicyclic) bond motifs is 1. The molecule has 0 saturated heterocycles. The number of carbonyl (C=O) groups is 1. The minimum Gasteiger partial charge on any atom is -0.494 e. The lowest BCUT2D eigenvalue weighted by molar-refractivity contribution is -0.274. The number of alkyl halides is 3. The minimum atomic E-state index is -4.82.